The van der Waals surface area contributed by atoms with E-state index in [0.29, 0.717) is 30.5 Å². The molecule has 1 aromatic rings. The number of benzene rings is 1. The molecule has 3 N–H and O–H groups in total. The highest BCUT2D eigenvalue weighted by Crippen LogP contribution is 2.12. The molecule has 0 saturated carbocycles. The van der Waals surface area contributed by atoms with E-state index in [2.05, 4.69) is 24.2 Å². The lowest BCUT2D eigenvalue weighted by Gasteiger charge is -2.11. The molecule has 126 valence electrons. The standard InChI is InChI=1S/C16H27FN4.HI/c1-12(2)7-8-19-16(18)20-10-13-5-6-14(11-21(3)4)15(17)9-13;/h5-6,9,12H,7-8,10-11H2,1-4H3,(H3,18,19,20);1H. The van der Waals surface area contributed by atoms with Crippen LogP contribution in [0.5, 0.6) is 0 Å². The molecule has 0 spiro atoms. The lowest BCUT2D eigenvalue weighted by atomic mass is 10.1. The van der Waals surface area contributed by atoms with Gasteiger partial charge in [-0.05, 0) is 38.1 Å². The van der Waals surface area contributed by atoms with Crippen molar-refractivity contribution >= 4 is 29.9 Å². The first kappa shape index (κ1) is 21.1. The van der Waals surface area contributed by atoms with Gasteiger partial charge in [0.2, 0.25) is 0 Å². The van der Waals surface area contributed by atoms with Gasteiger partial charge in [-0.25, -0.2) is 9.38 Å². The van der Waals surface area contributed by atoms with Crippen LogP contribution < -0.4 is 11.1 Å². The summed E-state index contributed by atoms with van der Waals surface area (Å²) in [6, 6.07) is 5.24. The molecule has 1 aromatic carbocycles. The molecule has 6 heteroatoms. The molecule has 22 heavy (non-hydrogen) atoms. The van der Waals surface area contributed by atoms with E-state index in [1.165, 1.54) is 6.07 Å². The third-order valence-corrected chi connectivity index (χ3v) is 3.06. The molecule has 0 aliphatic heterocycles. The van der Waals surface area contributed by atoms with Crippen LogP contribution in [0.1, 0.15) is 31.4 Å². The molecule has 4 nitrogen and oxygen atoms in total. The maximum absolute atomic E-state index is 13.9. The van der Waals surface area contributed by atoms with Crippen molar-refractivity contribution in [3.63, 3.8) is 0 Å². The minimum absolute atomic E-state index is 0. The zero-order valence-corrected chi connectivity index (χ0v) is 16.2. The molecule has 0 radical (unpaired) electrons. The van der Waals surface area contributed by atoms with Crippen molar-refractivity contribution in [1.29, 1.82) is 0 Å². The smallest absolute Gasteiger partial charge is 0.188 e. The largest absolute Gasteiger partial charge is 0.370 e. The van der Waals surface area contributed by atoms with Crippen LogP contribution in [0, 0.1) is 11.7 Å². The molecule has 0 aromatic heterocycles. The Labute approximate surface area is 150 Å². The summed E-state index contributed by atoms with van der Waals surface area (Å²) in [7, 11) is 3.84. The minimum atomic E-state index is -0.192. The van der Waals surface area contributed by atoms with Crippen molar-refractivity contribution in [3.8, 4) is 0 Å². The predicted molar refractivity (Wildman–Crippen MR) is 102 cm³/mol. The molecule has 0 aliphatic carbocycles. The summed E-state index contributed by atoms with van der Waals surface area (Å²) in [5, 5.41) is 3.06. The van der Waals surface area contributed by atoms with Crippen LogP contribution in [0.4, 0.5) is 4.39 Å². The van der Waals surface area contributed by atoms with Gasteiger partial charge in [0.1, 0.15) is 5.82 Å². The Balaban J connectivity index is 0.00000441. The number of nitrogens with one attached hydrogen (secondary N) is 1. The average Bonchev–Trinajstić information content (AvgIpc) is 2.38. The lowest BCUT2D eigenvalue weighted by molar-refractivity contribution is 0.392. The highest BCUT2D eigenvalue weighted by atomic mass is 127. The fraction of sp³-hybridized carbons (Fsp3) is 0.562. The van der Waals surface area contributed by atoms with Crippen molar-refractivity contribution in [2.45, 2.75) is 33.4 Å². The van der Waals surface area contributed by atoms with Gasteiger partial charge in [0.25, 0.3) is 0 Å². The Hall–Kier alpha value is -0.890. The molecule has 0 atom stereocenters. The van der Waals surface area contributed by atoms with E-state index in [4.69, 9.17) is 5.73 Å². The van der Waals surface area contributed by atoms with Crippen LogP contribution in [0.25, 0.3) is 0 Å². The number of hydrogen-bond donors (Lipinski definition) is 2. The third-order valence-electron chi connectivity index (χ3n) is 3.06. The second-order valence-electron chi connectivity index (χ2n) is 5.97. The van der Waals surface area contributed by atoms with Crippen LogP contribution in [-0.2, 0) is 13.1 Å². The van der Waals surface area contributed by atoms with Crippen molar-refractivity contribution in [3.05, 3.63) is 35.1 Å². The Kier molecular flexibility index (Phi) is 10.3. The van der Waals surface area contributed by atoms with Crippen LogP contribution in [0.3, 0.4) is 0 Å². The van der Waals surface area contributed by atoms with Gasteiger partial charge >= 0.3 is 0 Å². The second-order valence-corrected chi connectivity index (χ2v) is 5.97. The predicted octanol–water partition coefficient (Wildman–Crippen LogP) is 2.96. The highest BCUT2D eigenvalue weighted by Gasteiger charge is 2.04. The molecule has 0 bridgehead atoms. The van der Waals surface area contributed by atoms with Gasteiger partial charge in [-0.3, -0.25) is 0 Å². The van der Waals surface area contributed by atoms with Crippen LogP contribution >= 0.6 is 24.0 Å². The second kappa shape index (κ2) is 10.8. The summed E-state index contributed by atoms with van der Waals surface area (Å²) >= 11 is 0. The maximum atomic E-state index is 13.9. The van der Waals surface area contributed by atoms with Crippen LogP contribution in [0.15, 0.2) is 23.2 Å². The van der Waals surface area contributed by atoms with Gasteiger partial charge in [0, 0.05) is 18.7 Å². The van der Waals surface area contributed by atoms with Gasteiger partial charge in [-0.1, -0.05) is 26.0 Å². The van der Waals surface area contributed by atoms with Gasteiger partial charge in [-0.2, -0.15) is 0 Å². The molecule has 0 fully saturated rings. The number of guanidine groups is 1. The van der Waals surface area contributed by atoms with E-state index in [1.807, 2.05) is 31.1 Å². The van der Waals surface area contributed by atoms with E-state index in [-0.39, 0.29) is 29.8 Å². The Morgan fingerprint density at radius 1 is 1.36 bits per heavy atom. The SMILES string of the molecule is CC(C)CCNC(N)=NCc1ccc(CN(C)C)c(F)c1.I. The quantitative estimate of drug-likeness (QED) is 0.404. The molecule has 0 heterocycles. The van der Waals surface area contributed by atoms with Crippen molar-refractivity contribution in [2.24, 2.45) is 16.6 Å². The maximum Gasteiger partial charge on any atom is 0.188 e. The molecule has 1 rings (SSSR count). The number of halogens is 2. The summed E-state index contributed by atoms with van der Waals surface area (Å²) in [5.41, 5.74) is 7.29. The van der Waals surface area contributed by atoms with E-state index in [0.717, 1.165) is 18.5 Å². The average molecular weight is 422 g/mol. The van der Waals surface area contributed by atoms with Crippen molar-refractivity contribution in [1.82, 2.24) is 10.2 Å². The van der Waals surface area contributed by atoms with Gasteiger partial charge in [0.15, 0.2) is 5.96 Å². The topological polar surface area (TPSA) is 53.6 Å². The molecular formula is C16H28FIN4. The van der Waals surface area contributed by atoms with Crippen molar-refractivity contribution in [2.75, 3.05) is 20.6 Å². The first-order chi connectivity index (χ1) is 9.88. The number of nitrogens with two attached hydrogens (primary N) is 1. The lowest BCUT2D eigenvalue weighted by Crippen LogP contribution is -2.32. The van der Waals surface area contributed by atoms with Gasteiger partial charge < -0.3 is 16.0 Å². The Morgan fingerprint density at radius 3 is 2.59 bits per heavy atom. The monoisotopic (exact) mass is 422 g/mol. The molecule has 0 amide bonds. The van der Waals surface area contributed by atoms with E-state index >= 15 is 0 Å². The summed E-state index contributed by atoms with van der Waals surface area (Å²) in [5.74, 6) is 0.847. The third kappa shape index (κ3) is 8.53. The molecule has 0 unspecified atom stereocenters. The fourth-order valence-corrected chi connectivity index (χ4v) is 1.88. The van der Waals surface area contributed by atoms with E-state index in [1.54, 1.807) is 0 Å². The fourth-order valence-electron chi connectivity index (χ4n) is 1.88. The minimum Gasteiger partial charge on any atom is -0.370 e. The normalized spacial score (nSPS) is 11.7. The van der Waals surface area contributed by atoms with Crippen LogP contribution in [-0.4, -0.2) is 31.5 Å². The number of nitrogens with zero attached hydrogens (tertiary/aromatic N) is 2. The zero-order chi connectivity index (χ0) is 15.8. The Bertz CT molecular complexity index is 475. The van der Waals surface area contributed by atoms with Crippen LogP contribution in [0.2, 0.25) is 0 Å². The summed E-state index contributed by atoms with van der Waals surface area (Å²) < 4.78 is 13.9. The van der Waals surface area contributed by atoms with Crippen molar-refractivity contribution < 1.29 is 4.39 Å². The van der Waals surface area contributed by atoms with E-state index < -0.39 is 0 Å². The Morgan fingerprint density at radius 2 is 2.05 bits per heavy atom. The summed E-state index contributed by atoms with van der Waals surface area (Å²) in [6.07, 6.45) is 1.05. The number of rotatable bonds is 7. The molecule has 0 aliphatic rings. The molecular weight excluding hydrogens is 394 g/mol. The zero-order valence-electron chi connectivity index (χ0n) is 13.9. The summed E-state index contributed by atoms with van der Waals surface area (Å²) in [4.78, 5) is 6.17. The summed E-state index contributed by atoms with van der Waals surface area (Å²) in [6.45, 7) is 6.11. The van der Waals surface area contributed by atoms with Gasteiger partial charge in [0.05, 0.1) is 6.54 Å². The molecule has 0 saturated heterocycles. The highest BCUT2D eigenvalue weighted by molar-refractivity contribution is 14.0. The number of aliphatic imine (C=N–C) groups is 1. The first-order valence-corrected chi connectivity index (χ1v) is 7.34. The van der Waals surface area contributed by atoms with E-state index in [9.17, 15) is 4.39 Å². The number of hydrogen-bond acceptors (Lipinski definition) is 2. The first-order valence-electron chi connectivity index (χ1n) is 7.34. The van der Waals surface area contributed by atoms with Gasteiger partial charge in [-0.15, -0.1) is 24.0 Å².